The zero-order chi connectivity index (χ0) is 15.9. The van der Waals surface area contributed by atoms with Gasteiger partial charge in [-0.15, -0.1) is 0 Å². The monoisotopic (exact) mass is 307 g/mol. The first-order chi connectivity index (χ1) is 11.3. The van der Waals surface area contributed by atoms with Crippen molar-refractivity contribution in [1.29, 1.82) is 0 Å². The number of rotatable bonds is 5. The molecule has 1 amide bonds. The molecular formula is C17H13N3O3. The van der Waals surface area contributed by atoms with Crippen LogP contribution in [0, 0.1) is 0 Å². The second-order valence-corrected chi connectivity index (χ2v) is 4.54. The van der Waals surface area contributed by atoms with E-state index in [0.29, 0.717) is 11.5 Å². The van der Waals surface area contributed by atoms with Crippen LogP contribution in [0.5, 0.6) is 0 Å². The van der Waals surface area contributed by atoms with Gasteiger partial charge < -0.3 is 8.94 Å². The molecule has 1 N–H and O–H groups in total. The molecule has 6 heteroatoms. The van der Waals surface area contributed by atoms with E-state index in [0.717, 1.165) is 5.56 Å². The maximum atomic E-state index is 11.9. The SMILES string of the molecule is O=C(N/N=C/C=C/c1ccco1)c1cc(-c2ccccc2)on1. The zero-order valence-electron chi connectivity index (χ0n) is 12.0. The van der Waals surface area contributed by atoms with Crippen LogP contribution in [0.15, 0.2) is 74.9 Å². The Morgan fingerprint density at radius 3 is 2.83 bits per heavy atom. The molecule has 1 aromatic carbocycles. The maximum Gasteiger partial charge on any atom is 0.293 e. The number of furan rings is 1. The summed E-state index contributed by atoms with van der Waals surface area (Å²) in [7, 11) is 0. The maximum absolute atomic E-state index is 11.9. The van der Waals surface area contributed by atoms with E-state index in [-0.39, 0.29) is 5.69 Å². The Bertz CT molecular complexity index is 818. The van der Waals surface area contributed by atoms with Gasteiger partial charge in [0.1, 0.15) is 5.76 Å². The zero-order valence-corrected chi connectivity index (χ0v) is 12.0. The molecule has 2 aromatic heterocycles. The van der Waals surface area contributed by atoms with Crippen molar-refractivity contribution in [2.75, 3.05) is 0 Å². The molecule has 0 saturated carbocycles. The molecule has 3 rings (SSSR count). The van der Waals surface area contributed by atoms with E-state index < -0.39 is 5.91 Å². The normalized spacial score (nSPS) is 11.3. The minimum absolute atomic E-state index is 0.163. The van der Waals surface area contributed by atoms with Crippen LogP contribution in [0.2, 0.25) is 0 Å². The lowest BCUT2D eigenvalue weighted by Gasteiger charge is -1.92. The molecule has 0 radical (unpaired) electrons. The van der Waals surface area contributed by atoms with Crippen LogP contribution in [-0.4, -0.2) is 17.3 Å². The van der Waals surface area contributed by atoms with Crippen molar-refractivity contribution in [3.05, 3.63) is 72.3 Å². The number of carbonyl (C=O) groups excluding carboxylic acids is 1. The van der Waals surface area contributed by atoms with Gasteiger partial charge in [0.2, 0.25) is 0 Å². The number of aromatic nitrogens is 1. The average Bonchev–Trinajstić information content (AvgIpc) is 3.27. The third-order valence-corrected chi connectivity index (χ3v) is 2.93. The van der Waals surface area contributed by atoms with E-state index in [9.17, 15) is 4.79 Å². The van der Waals surface area contributed by atoms with Crippen LogP contribution in [0.3, 0.4) is 0 Å². The topological polar surface area (TPSA) is 80.6 Å². The number of amides is 1. The van der Waals surface area contributed by atoms with E-state index in [4.69, 9.17) is 8.94 Å². The molecular weight excluding hydrogens is 294 g/mol. The third kappa shape index (κ3) is 3.82. The molecule has 0 saturated heterocycles. The summed E-state index contributed by atoms with van der Waals surface area (Å²) in [6.45, 7) is 0. The quantitative estimate of drug-likeness (QED) is 0.579. The highest BCUT2D eigenvalue weighted by Crippen LogP contribution is 2.19. The van der Waals surface area contributed by atoms with Gasteiger partial charge in [-0.25, -0.2) is 5.43 Å². The fraction of sp³-hybridized carbons (Fsp3) is 0. The predicted molar refractivity (Wildman–Crippen MR) is 85.6 cm³/mol. The van der Waals surface area contributed by atoms with Crippen LogP contribution in [0.25, 0.3) is 17.4 Å². The van der Waals surface area contributed by atoms with Crippen LogP contribution in [0.4, 0.5) is 0 Å². The number of hydrazone groups is 1. The van der Waals surface area contributed by atoms with Gasteiger partial charge in [-0.2, -0.15) is 5.10 Å². The van der Waals surface area contributed by atoms with Crippen molar-refractivity contribution in [3.8, 4) is 11.3 Å². The van der Waals surface area contributed by atoms with E-state index in [1.54, 1.807) is 30.5 Å². The number of benzene rings is 1. The molecule has 0 aliphatic carbocycles. The molecule has 0 aliphatic rings. The summed E-state index contributed by atoms with van der Waals surface area (Å²) in [5.74, 6) is 0.780. The summed E-state index contributed by atoms with van der Waals surface area (Å²) >= 11 is 0. The van der Waals surface area contributed by atoms with Crippen molar-refractivity contribution < 1.29 is 13.7 Å². The highest BCUT2D eigenvalue weighted by Gasteiger charge is 2.12. The first kappa shape index (κ1) is 14.5. The lowest BCUT2D eigenvalue weighted by molar-refractivity contribution is 0.0946. The number of allylic oxidation sites excluding steroid dienone is 1. The Hall–Kier alpha value is -3.41. The first-order valence-electron chi connectivity index (χ1n) is 6.88. The third-order valence-electron chi connectivity index (χ3n) is 2.93. The molecule has 0 spiro atoms. The molecule has 114 valence electrons. The number of hydrogen-bond acceptors (Lipinski definition) is 5. The van der Waals surface area contributed by atoms with Gasteiger partial charge in [-0.3, -0.25) is 4.79 Å². The van der Waals surface area contributed by atoms with Gasteiger partial charge >= 0.3 is 0 Å². The lowest BCUT2D eigenvalue weighted by Crippen LogP contribution is -2.17. The van der Waals surface area contributed by atoms with E-state index in [1.165, 1.54) is 6.21 Å². The van der Waals surface area contributed by atoms with Gasteiger partial charge in [0.15, 0.2) is 11.5 Å². The van der Waals surface area contributed by atoms with Crippen molar-refractivity contribution in [2.24, 2.45) is 5.10 Å². The second-order valence-electron chi connectivity index (χ2n) is 4.54. The van der Waals surface area contributed by atoms with Gasteiger partial charge in [0.05, 0.1) is 6.26 Å². The van der Waals surface area contributed by atoms with Gasteiger partial charge in [0.25, 0.3) is 5.91 Å². The highest BCUT2D eigenvalue weighted by molar-refractivity contribution is 5.93. The molecule has 0 unspecified atom stereocenters. The molecule has 23 heavy (non-hydrogen) atoms. The largest absolute Gasteiger partial charge is 0.465 e. The van der Waals surface area contributed by atoms with E-state index in [1.807, 2.05) is 36.4 Å². The number of nitrogens with zero attached hydrogens (tertiary/aromatic N) is 2. The molecule has 0 fully saturated rings. The average molecular weight is 307 g/mol. The number of hydrogen-bond donors (Lipinski definition) is 1. The molecule has 2 heterocycles. The molecule has 0 aliphatic heterocycles. The Morgan fingerprint density at radius 1 is 1.17 bits per heavy atom. The molecule has 0 atom stereocenters. The predicted octanol–water partition coefficient (Wildman–Crippen LogP) is 3.36. The first-order valence-corrected chi connectivity index (χ1v) is 6.88. The lowest BCUT2D eigenvalue weighted by atomic mass is 10.1. The van der Waals surface area contributed by atoms with Crippen LogP contribution in [-0.2, 0) is 0 Å². The second kappa shape index (κ2) is 7.04. The van der Waals surface area contributed by atoms with Crippen molar-refractivity contribution in [2.45, 2.75) is 0 Å². The van der Waals surface area contributed by atoms with Gasteiger partial charge in [-0.05, 0) is 24.3 Å². The standard InChI is InChI=1S/C17H13N3O3/c21-17(19-18-10-4-8-14-9-5-11-22-14)15-12-16(23-20-15)13-6-2-1-3-7-13/h1-12H,(H,19,21)/b8-4+,18-10+. The summed E-state index contributed by atoms with van der Waals surface area (Å²) in [6, 6.07) is 14.6. The van der Waals surface area contributed by atoms with Crippen LogP contribution >= 0.6 is 0 Å². The van der Waals surface area contributed by atoms with Gasteiger partial charge in [-0.1, -0.05) is 35.5 Å². The van der Waals surface area contributed by atoms with Crippen molar-refractivity contribution in [1.82, 2.24) is 10.6 Å². The minimum Gasteiger partial charge on any atom is -0.465 e. The van der Waals surface area contributed by atoms with Crippen LogP contribution in [0.1, 0.15) is 16.2 Å². The Balaban J connectivity index is 1.57. The summed E-state index contributed by atoms with van der Waals surface area (Å²) < 4.78 is 10.3. The fourth-order valence-electron chi connectivity index (χ4n) is 1.84. The van der Waals surface area contributed by atoms with E-state index >= 15 is 0 Å². The van der Waals surface area contributed by atoms with E-state index in [2.05, 4.69) is 15.7 Å². The Morgan fingerprint density at radius 2 is 2.04 bits per heavy atom. The number of nitrogens with one attached hydrogen (secondary N) is 1. The summed E-state index contributed by atoms with van der Waals surface area (Å²) in [6.07, 6.45) is 6.39. The smallest absolute Gasteiger partial charge is 0.293 e. The summed E-state index contributed by atoms with van der Waals surface area (Å²) in [4.78, 5) is 11.9. The molecule has 3 aromatic rings. The molecule has 6 nitrogen and oxygen atoms in total. The van der Waals surface area contributed by atoms with Crippen molar-refractivity contribution in [3.63, 3.8) is 0 Å². The summed E-state index contributed by atoms with van der Waals surface area (Å²) in [5, 5.41) is 7.53. The van der Waals surface area contributed by atoms with Crippen LogP contribution < -0.4 is 5.43 Å². The Labute approximate surface area is 132 Å². The molecule has 0 bridgehead atoms. The van der Waals surface area contributed by atoms with Gasteiger partial charge in [0, 0.05) is 17.8 Å². The Kier molecular flexibility index (Phi) is 4.44. The summed E-state index contributed by atoms with van der Waals surface area (Å²) in [5.41, 5.74) is 3.38. The number of carbonyl (C=O) groups is 1. The van der Waals surface area contributed by atoms with Crippen molar-refractivity contribution >= 4 is 18.2 Å². The minimum atomic E-state index is -0.446. The highest BCUT2D eigenvalue weighted by atomic mass is 16.5. The fourth-order valence-corrected chi connectivity index (χ4v) is 1.84.